The van der Waals surface area contributed by atoms with Crippen LogP contribution in [-0.2, 0) is 10.1 Å². The molecule has 182 valence electrons. The summed E-state index contributed by atoms with van der Waals surface area (Å²) in [6, 6.07) is 0. The Balaban J connectivity index is 0. The highest BCUT2D eigenvalue weighted by Crippen LogP contribution is 2.61. The van der Waals surface area contributed by atoms with E-state index in [1.54, 1.807) is 6.08 Å². The Morgan fingerprint density at radius 1 is 0.833 bits per heavy atom. The Morgan fingerprint density at radius 2 is 1.17 bits per heavy atom. The zero-order chi connectivity index (χ0) is 25.0. The van der Waals surface area contributed by atoms with Crippen molar-refractivity contribution < 1.29 is 65.7 Å². The van der Waals surface area contributed by atoms with Crippen molar-refractivity contribution in [2.45, 2.75) is 61.1 Å². The van der Waals surface area contributed by atoms with Crippen molar-refractivity contribution in [3.63, 3.8) is 0 Å². The molecule has 0 aliphatic heterocycles. The zero-order valence-corrected chi connectivity index (χ0v) is 15.7. The predicted molar refractivity (Wildman–Crippen MR) is 80.0 cm³/mol. The maximum atomic E-state index is 13.2. The van der Waals surface area contributed by atoms with Gasteiger partial charge in [-0.1, -0.05) is 19.4 Å². The molecule has 0 spiro atoms. The van der Waals surface area contributed by atoms with E-state index < -0.39 is 57.8 Å². The van der Waals surface area contributed by atoms with Gasteiger partial charge in [-0.05, 0) is 6.42 Å². The number of hydrogen-bond donors (Lipinski definition) is 2. The first-order valence-corrected chi connectivity index (χ1v) is 8.96. The molecule has 0 aromatic heterocycles. The van der Waals surface area contributed by atoms with E-state index in [-0.39, 0.29) is 6.42 Å². The lowest BCUT2D eigenvalue weighted by Gasteiger charge is -2.40. The summed E-state index contributed by atoms with van der Waals surface area (Å²) in [7, 11) is -7.53. The van der Waals surface area contributed by atoms with Crippen molar-refractivity contribution in [3.05, 3.63) is 12.7 Å². The molecule has 0 aromatic rings. The molecule has 0 bridgehead atoms. The number of nitrogens with two attached hydrogens (primary N) is 1. The molecule has 30 heavy (non-hydrogen) atoms. The van der Waals surface area contributed by atoms with Gasteiger partial charge in [0, 0.05) is 13.0 Å². The van der Waals surface area contributed by atoms with Crippen molar-refractivity contribution in [2.24, 2.45) is 5.73 Å². The molecule has 0 amide bonds. The van der Waals surface area contributed by atoms with E-state index >= 15 is 0 Å². The first-order chi connectivity index (χ1) is 13.0. The summed E-state index contributed by atoms with van der Waals surface area (Å²) < 4.78 is 185. The lowest BCUT2D eigenvalue weighted by atomic mass is 9.92. The van der Waals surface area contributed by atoms with Gasteiger partial charge in [0.05, 0.1) is 0 Å². The van der Waals surface area contributed by atoms with E-state index in [1.807, 2.05) is 0 Å². The van der Waals surface area contributed by atoms with Crippen LogP contribution in [0.15, 0.2) is 12.7 Å². The van der Waals surface area contributed by atoms with Crippen LogP contribution < -0.4 is 5.73 Å². The van der Waals surface area contributed by atoms with Crippen LogP contribution >= 0.6 is 0 Å². The van der Waals surface area contributed by atoms with Gasteiger partial charge in [0.1, 0.15) is 0 Å². The number of hydrogen-bond acceptors (Lipinski definition) is 3. The monoisotopic (exact) mass is 495 g/mol. The number of alkyl halides is 12. The summed E-state index contributed by atoms with van der Waals surface area (Å²) in [5, 5.41) is -7.40. The van der Waals surface area contributed by atoms with Crippen molar-refractivity contribution in [1.29, 1.82) is 0 Å². The fraction of sp³-hybridized carbons (Fsp3) is 0.846. The minimum absolute atomic E-state index is 0.343. The van der Waals surface area contributed by atoms with Crippen molar-refractivity contribution >= 4 is 10.1 Å². The Morgan fingerprint density at radius 3 is 1.43 bits per heavy atom. The Labute approximate surface area is 162 Å². The molecule has 0 radical (unpaired) electrons. The molecule has 0 heterocycles. The van der Waals surface area contributed by atoms with E-state index in [2.05, 4.69) is 6.58 Å². The summed E-state index contributed by atoms with van der Waals surface area (Å²) >= 11 is 0. The van der Waals surface area contributed by atoms with Crippen LogP contribution in [0.2, 0.25) is 0 Å². The first-order valence-electron chi connectivity index (χ1n) is 7.52. The quantitative estimate of drug-likeness (QED) is 0.255. The molecular formula is C13H17F12NO3S. The summed E-state index contributed by atoms with van der Waals surface area (Å²) in [6.45, 7) is 5.02. The molecule has 3 N–H and O–H groups in total. The van der Waals surface area contributed by atoms with E-state index in [0.717, 1.165) is 6.92 Å². The molecule has 0 aliphatic rings. The van der Waals surface area contributed by atoms with Gasteiger partial charge in [-0.2, -0.15) is 61.1 Å². The number of unbranched alkanes of at least 4 members (excludes halogenated alkanes) is 1. The predicted octanol–water partition coefficient (Wildman–Crippen LogP) is 4.96. The van der Waals surface area contributed by atoms with Gasteiger partial charge in [0.25, 0.3) is 0 Å². The smallest absolute Gasteiger partial charge is 0.327 e. The molecular weight excluding hydrogens is 478 g/mol. The molecule has 0 fully saturated rings. The average Bonchev–Trinajstić information content (AvgIpc) is 2.58. The topological polar surface area (TPSA) is 80.4 Å². The minimum atomic E-state index is -8.02. The molecule has 0 rings (SSSR count). The first kappa shape index (κ1) is 31.0. The Kier molecular flexibility index (Phi) is 9.80. The van der Waals surface area contributed by atoms with Crippen LogP contribution in [0.5, 0.6) is 0 Å². The Bertz CT molecular complexity index is 679. The number of halogens is 12. The maximum absolute atomic E-state index is 13.2. The van der Waals surface area contributed by atoms with Gasteiger partial charge in [0.15, 0.2) is 0 Å². The summed E-state index contributed by atoms with van der Waals surface area (Å²) in [5.74, 6) is -37.1. The SMILES string of the molecule is C=CCN.CCCCC(F)(F)C(F)(F)C(F)(F)C(F)(F)C(F)(F)C(F)(F)S(=O)(=O)O. The maximum Gasteiger partial charge on any atom is 0.438 e. The third-order valence-corrected chi connectivity index (χ3v) is 4.25. The largest absolute Gasteiger partial charge is 0.438 e. The molecule has 0 aliphatic carbocycles. The lowest BCUT2D eigenvalue weighted by molar-refractivity contribution is -0.417. The van der Waals surface area contributed by atoms with Crippen LogP contribution in [-0.4, -0.2) is 54.4 Å². The minimum Gasteiger partial charge on any atom is -0.327 e. The Hall–Kier alpha value is -1.23. The van der Waals surface area contributed by atoms with Crippen LogP contribution in [0.1, 0.15) is 26.2 Å². The molecule has 4 nitrogen and oxygen atoms in total. The van der Waals surface area contributed by atoms with Gasteiger partial charge in [-0.3, -0.25) is 4.55 Å². The third kappa shape index (κ3) is 5.15. The second-order valence-corrected chi connectivity index (χ2v) is 7.08. The second kappa shape index (κ2) is 9.50. The van der Waals surface area contributed by atoms with Gasteiger partial charge in [-0.15, -0.1) is 6.58 Å². The normalized spacial score (nSPS) is 14.8. The van der Waals surface area contributed by atoms with Crippen molar-refractivity contribution in [1.82, 2.24) is 0 Å². The van der Waals surface area contributed by atoms with Crippen molar-refractivity contribution in [3.8, 4) is 0 Å². The highest BCUT2D eigenvalue weighted by Gasteiger charge is 2.91. The average molecular weight is 495 g/mol. The van der Waals surface area contributed by atoms with Gasteiger partial charge < -0.3 is 5.73 Å². The molecule has 17 heteroatoms. The molecule has 0 saturated carbocycles. The third-order valence-electron chi connectivity index (χ3n) is 3.34. The fourth-order valence-corrected chi connectivity index (χ4v) is 1.98. The summed E-state index contributed by atoms with van der Waals surface area (Å²) in [5.41, 5.74) is 4.91. The second-order valence-electron chi connectivity index (χ2n) is 5.62. The van der Waals surface area contributed by atoms with Crippen LogP contribution in [0, 0.1) is 0 Å². The van der Waals surface area contributed by atoms with E-state index in [0.29, 0.717) is 6.54 Å². The molecule has 0 unspecified atom stereocenters. The summed E-state index contributed by atoms with van der Waals surface area (Å²) in [6.07, 6.45) is -1.84. The molecule has 0 atom stereocenters. The summed E-state index contributed by atoms with van der Waals surface area (Å²) in [4.78, 5) is 0. The molecule has 0 aromatic carbocycles. The number of rotatable bonds is 10. The lowest BCUT2D eigenvalue weighted by Crippen LogP contribution is -2.71. The highest BCUT2D eigenvalue weighted by atomic mass is 32.2. The standard InChI is InChI=1S/C10H10F12O3S.C3H7N/c1-2-3-4-5(11,12)6(13,14)7(15,16)8(17,18)9(19,20)10(21,22)26(23,24)25;1-2-3-4/h2-4H2,1H3,(H,23,24,25);2H,1,3-4H2. The van der Waals surface area contributed by atoms with Crippen LogP contribution in [0.25, 0.3) is 0 Å². The van der Waals surface area contributed by atoms with Crippen LogP contribution in [0.4, 0.5) is 52.7 Å². The highest BCUT2D eigenvalue weighted by molar-refractivity contribution is 7.87. The van der Waals surface area contributed by atoms with Gasteiger partial charge in [0.2, 0.25) is 0 Å². The van der Waals surface area contributed by atoms with Gasteiger partial charge in [-0.25, -0.2) is 0 Å². The van der Waals surface area contributed by atoms with Crippen LogP contribution in [0.3, 0.4) is 0 Å². The fourth-order valence-electron chi connectivity index (χ4n) is 1.52. The van der Waals surface area contributed by atoms with E-state index in [9.17, 15) is 61.1 Å². The molecule has 0 saturated heterocycles. The van der Waals surface area contributed by atoms with Crippen molar-refractivity contribution in [2.75, 3.05) is 6.54 Å². The van der Waals surface area contributed by atoms with E-state index in [4.69, 9.17) is 10.3 Å². The zero-order valence-electron chi connectivity index (χ0n) is 14.9. The van der Waals surface area contributed by atoms with E-state index in [1.165, 1.54) is 0 Å². The van der Waals surface area contributed by atoms with Gasteiger partial charge >= 0.3 is 45.0 Å².